The van der Waals surface area contributed by atoms with Crippen LogP contribution >= 0.6 is 0 Å². The number of hydrogen-bond acceptors (Lipinski definition) is 0. The van der Waals surface area contributed by atoms with Gasteiger partial charge in [-0.1, -0.05) is 95.2 Å². The summed E-state index contributed by atoms with van der Waals surface area (Å²) in [4.78, 5) is 0. The molecule has 0 aliphatic heterocycles. The van der Waals surface area contributed by atoms with E-state index in [4.69, 9.17) is 0 Å². The summed E-state index contributed by atoms with van der Waals surface area (Å²) in [6, 6.07) is 27.8. The van der Waals surface area contributed by atoms with Crippen LogP contribution in [0.4, 0.5) is 0 Å². The summed E-state index contributed by atoms with van der Waals surface area (Å²) in [5.41, 5.74) is 5.92. The fraction of sp³-hybridized carbons (Fsp3) is 0.294. The Kier molecular flexibility index (Phi) is 14.1. The average Bonchev–Trinajstić information content (AvgIpc) is 3.47. The van der Waals surface area contributed by atoms with Crippen molar-refractivity contribution in [3.8, 4) is 0 Å². The van der Waals surface area contributed by atoms with E-state index < -0.39 is 0 Å². The summed E-state index contributed by atoms with van der Waals surface area (Å²) in [5.74, 6) is 0.573. The third-order valence-corrected chi connectivity index (χ3v) is 7.24. The summed E-state index contributed by atoms with van der Waals surface area (Å²) in [7, 11) is 0. The molecular formula is C34H38Cl2Zr-2. The molecule has 0 saturated carbocycles. The van der Waals surface area contributed by atoms with Crippen LogP contribution in [-0.2, 0) is 24.2 Å². The molecule has 0 fully saturated rings. The Morgan fingerprint density at radius 1 is 0.838 bits per heavy atom. The fourth-order valence-corrected chi connectivity index (χ4v) is 4.90. The van der Waals surface area contributed by atoms with E-state index in [0.717, 1.165) is 6.42 Å². The molecule has 37 heavy (non-hydrogen) atoms. The van der Waals surface area contributed by atoms with Gasteiger partial charge in [0, 0.05) is 0 Å². The topological polar surface area (TPSA) is 0 Å². The molecule has 1 unspecified atom stereocenters. The smallest absolute Gasteiger partial charge is 0.0771 e. The van der Waals surface area contributed by atoms with Crippen molar-refractivity contribution in [1.29, 1.82) is 0 Å². The van der Waals surface area contributed by atoms with Gasteiger partial charge >= 0.3 is 70.3 Å². The number of rotatable bonds is 3. The van der Waals surface area contributed by atoms with Crippen molar-refractivity contribution in [1.82, 2.24) is 0 Å². The third kappa shape index (κ3) is 9.24. The molecule has 1 aliphatic rings. The standard InChI is InChI=1S/C13H9.C13H21.C8H8.2ClH.Zr/c1-3-7-12-10(5-1)9-11-6-2-4-8-13(11)12;1-6-10-8-11(7-2)12(9-10)13(3,4)5;1-7-3-5-8(2)6-4-7;;;/h1-9H;9-10H,6-7H2,1-5H3;1,3-6H,2H3;2*1H;/q2*-1;;;;+2/p-2. The Hall–Kier alpha value is -1.66. The predicted octanol–water partition coefficient (Wildman–Crippen LogP) is 3.55. The molecule has 4 aromatic carbocycles. The first-order valence-electron chi connectivity index (χ1n) is 12.7. The molecule has 0 amide bonds. The maximum absolute atomic E-state index is 3.57. The zero-order valence-corrected chi connectivity index (χ0v) is 26.9. The Balaban J connectivity index is 0.000000275. The van der Waals surface area contributed by atoms with Crippen LogP contribution in [0.2, 0.25) is 0 Å². The largest absolute Gasteiger partial charge is 1.00 e. The van der Waals surface area contributed by atoms with E-state index in [1.165, 1.54) is 74.5 Å². The van der Waals surface area contributed by atoms with Gasteiger partial charge in [0.1, 0.15) is 0 Å². The first-order valence-corrected chi connectivity index (χ1v) is 14.1. The van der Waals surface area contributed by atoms with Gasteiger partial charge in [0.15, 0.2) is 0 Å². The number of fused-ring (bicyclic) bond motifs is 3. The van der Waals surface area contributed by atoms with E-state index in [1.54, 1.807) is 0 Å². The first kappa shape index (κ1) is 33.4. The second kappa shape index (κ2) is 15.7. The van der Waals surface area contributed by atoms with Crippen molar-refractivity contribution in [3.63, 3.8) is 0 Å². The summed E-state index contributed by atoms with van der Waals surface area (Å²) in [6.07, 6.45) is 8.28. The van der Waals surface area contributed by atoms with Crippen molar-refractivity contribution >= 4 is 25.3 Å². The van der Waals surface area contributed by atoms with Crippen molar-refractivity contribution in [2.24, 2.45) is 11.3 Å². The second-order valence-electron chi connectivity index (χ2n) is 10.2. The van der Waals surface area contributed by atoms with Gasteiger partial charge in [-0.3, -0.25) is 6.08 Å². The molecule has 1 aliphatic carbocycles. The Morgan fingerprint density at radius 2 is 1.35 bits per heavy atom. The number of benzene rings is 3. The van der Waals surface area contributed by atoms with Crippen LogP contribution in [0.15, 0.2) is 96.1 Å². The summed E-state index contributed by atoms with van der Waals surface area (Å²) < 4.78 is 2.19. The van der Waals surface area contributed by atoms with Gasteiger partial charge < -0.3 is 24.8 Å². The SMILES string of the molecule is CCC1=[C-]C(CC)C=C1C(C)(C)C.Cc1ccc([CH]=[Zr+2])cc1.[Cl-].[Cl-].c1ccc2c(c1)[cH-]c1ccccc12. The minimum absolute atomic E-state index is 0. The number of halogens is 2. The number of allylic oxidation sites excluding steroid dienone is 4. The first-order chi connectivity index (χ1) is 16.8. The minimum Gasteiger partial charge on any atom is -1.00 e. The maximum Gasteiger partial charge on any atom is -0.0771 e. The van der Waals surface area contributed by atoms with Crippen LogP contribution in [0, 0.1) is 24.3 Å². The summed E-state index contributed by atoms with van der Waals surface area (Å²) in [5, 5.41) is 5.39. The summed E-state index contributed by atoms with van der Waals surface area (Å²) >= 11 is 1.47. The Bertz CT molecular complexity index is 1270. The molecule has 1 atom stereocenters. The van der Waals surface area contributed by atoms with Crippen molar-refractivity contribution in [2.45, 2.75) is 54.4 Å². The molecule has 0 heterocycles. The molecule has 0 saturated heterocycles. The normalized spacial score (nSPS) is 14.2. The fourth-order valence-electron chi connectivity index (χ4n) is 4.43. The molecule has 0 radical (unpaired) electrons. The molecular weight excluding hydrogens is 571 g/mol. The molecule has 0 spiro atoms. The molecule has 3 heteroatoms. The number of aryl methyl sites for hydroxylation is 1. The van der Waals surface area contributed by atoms with Crippen LogP contribution in [0.1, 0.15) is 58.6 Å². The van der Waals surface area contributed by atoms with E-state index >= 15 is 0 Å². The van der Waals surface area contributed by atoms with Crippen molar-refractivity contribution < 1.29 is 49.0 Å². The second-order valence-corrected chi connectivity index (χ2v) is 10.9. The van der Waals surface area contributed by atoms with Gasteiger partial charge in [0.25, 0.3) is 0 Å². The molecule has 194 valence electrons. The van der Waals surface area contributed by atoms with Crippen molar-refractivity contribution in [2.75, 3.05) is 0 Å². The average molecular weight is 609 g/mol. The molecule has 4 aromatic rings. The van der Waals surface area contributed by atoms with E-state index in [-0.39, 0.29) is 24.8 Å². The van der Waals surface area contributed by atoms with E-state index in [0.29, 0.717) is 11.3 Å². The van der Waals surface area contributed by atoms with E-state index in [9.17, 15) is 0 Å². The van der Waals surface area contributed by atoms with E-state index in [2.05, 4.69) is 136 Å². The Labute approximate surface area is 251 Å². The van der Waals surface area contributed by atoms with Gasteiger partial charge in [-0.15, -0.1) is 39.7 Å². The molecule has 0 nitrogen and oxygen atoms in total. The van der Waals surface area contributed by atoms with Gasteiger partial charge in [0.05, 0.1) is 0 Å². The zero-order valence-electron chi connectivity index (χ0n) is 22.9. The third-order valence-electron chi connectivity index (χ3n) is 6.42. The Morgan fingerprint density at radius 3 is 1.76 bits per heavy atom. The quantitative estimate of drug-likeness (QED) is 0.313. The van der Waals surface area contributed by atoms with Crippen LogP contribution in [0.5, 0.6) is 0 Å². The predicted molar refractivity (Wildman–Crippen MR) is 152 cm³/mol. The molecule has 0 aromatic heterocycles. The van der Waals surface area contributed by atoms with Crippen LogP contribution in [0.25, 0.3) is 21.5 Å². The zero-order chi connectivity index (χ0) is 25.4. The van der Waals surface area contributed by atoms with Crippen LogP contribution in [0.3, 0.4) is 0 Å². The maximum atomic E-state index is 3.57. The molecule has 0 bridgehead atoms. The summed E-state index contributed by atoms with van der Waals surface area (Å²) in [6.45, 7) is 13.4. The van der Waals surface area contributed by atoms with Gasteiger partial charge in [-0.2, -0.15) is 11.6 Å². The van der Waals surface area contributed by atoms with Crippen LogP contribution < -0.4 is 24.8 Å². The van der Waals surface area contributed by atoms with Gasteiger partial charge in [-0.05, 0) is 0 Å². The van der Waals surface area contributed by atoms with E-state index in [1.807, 2.05) is 0 Å². The van der Waals surface area contributed by atoms with Gasteiger partial charge in [0.2, 0.25) is 0 Å². The molecule has 5 rings (SSSR count). The minimum atomic E-state index is 0. The number of hydrogen-bond donors (Lipinski definition) is 0. The van der Waals surface area contributed by atoms with Gasteiger partial charge in [-0.25, -0.2) is 5.57 Å². The van der Waals surface area contributed by atoms with Crippen LogP contribution in [-0.4, -0.2) is 3.71 Å². The molecule has 0 N–H and O–H groups in total. The van der Waals surface area contributed by atoms with Crippen molar-refractivity contribution in [3.05, 3.63) is 113 Å². The monoisotopic (exact) mass is 606 g/mol.